The Morgan fingerprint density at radius 3 is 3.36 bits per heavy atom. The van der Waals surface area contributed by atoms with Gasteiger partial charge >= 0.3 is 0 Å². The number of allylic oxidation sites excluding steroid dienone is 3. The number of hydrogen-bond donors (Lipinski definition) is 1. The Balaban J connectivity index is 2.46. The van der Waals surface area contributed by atoms with E-state index < -0.39 is 0 Å². The first kappa shape index (κ1) is 6.40. The van der Waals surface area contributed by atoms with E-state index >= 15 is 0 Å². The van der Waals surface area contributed by atoms with Gasteiger partial charge in [0.05, 0.1) is 0 Å². The van der Waals surface area contributed by atoms with E-state index in [1.165, 1.54) is 11.3 Å². The first-order chi connectivity index (χ1) is 5.34. The number of fused-ring (bicyclic) bond motifs is 2. The highest BCUT2D eigenvalue weighted by molar-refractivity contribution is 5.94. The lowest BCUT2D eigenvalue weighted by atomic mass is 10.1. The summed E-state index contributed by atoms with van der Waals surface area (Å²) in [7, 11) is 0. The molecule has 2 aliphatic rings. The molecule has 0 aromatic rings. The van der Waals surface area contributed by atoms with Crippen molar-refractivity contribution in [1.82, 2.24) is 5.32 Å². The van der Waals surface area contributed by atoms with Gasteiger partial charge in [-0.2, -0.15) is 0 Å². The first-order valence-electron chi connectivity index (χ1n) is 3.72. The largest absolute Gasteiger partial charge is 0.363 e. The molecule has 0 unspecified atom stereocenters. The monoisotopic (exact) mass is 146 g/mol. The van der Waals surface area contributed by atoms with E-state index in [-0.39, 0.29) is 0 Å². The van der Waals surface area contributed by atoms with Crippen LogP contribution in [0.3, 0.4) is 0 Å². The predicted octanol–water partition coefficient (Wildman–Crippen LogP) is 1.74. The van der Waals surface area contributed by atoms with Gasteiger partial charge in [-0.05, 0) is 24.6 Å². The summed E-state index contributed by atoms with van der Waals surface area (Å²) in [5.41, 5.74) is 3.58. The number of aliphatic imine (C=N–C) groups is 1. The molecular weight excluding hydrogens is 136 g/mol. The van der Waals surface area contributed by atoms with Gasteiger partial charge in [0.1, 0.15) is 0 Å². The van der Waals surface area contributed by atoms with E-state index in [9.17, 15) is 0 Å². The second-order valence-electron chi connectivity index (χ2n) is 2.80. The molecule has 2 heteroatoms. The summed E-state index contributed by atoms with van der Waals surface area (Å²) in [5, 5.41) is 3.14. The van der Waals surface area contributed by atoms with Crippen LogP contribution in [0.15, 0.2) is 40.8 Å². The lowest BCUT2D eigenvalue weighted by Gasteiger charge is -2.10. The average molecular weight is 146 g/mol. The second kappa shape index (κ2) is 2.38. The van der Waals surface area contributed by atoms with Crippen molar-refractivity contribution in [3.05, 3.63) is 35.8 Å². The van der Waals surface area contributed by atoms with Gasteiger partial charge in [-0.3, -0.25) is 4.99 Å². The molecular formula is C9H10N2. The van der Waals surface area contributed by atoms with Crippen LogP contribution in [0.5, 0.6) is 0 Å². The summed E-state index contributed by atoms with van der Waals surface area (Å²) in [4.78, 5) is 4.24. The smallest absolute Gasteiger partial charge is 0.0467 e. The van der Waals surface area contributed by atoms with Gasteiger partial charge in [0.2, 0.25) is 0 Å². The van der Waals surface area contributed by atoms with Crippen molar-refractivity contribution in [3.63, 3.8) is 0 Å². The maximum Gasteiger partial charge on any atom is 0.0467 e. The van der Waals surface area contributed by atoms with Crippen molar-refractivity contribution >= 4 is 5.71 Å². The van der Waals surface area contributed by atoms with E-state index in [0.717, 1.165) is 12.1 Å². The molecule has 11 heavy (non-hydrogen) atoms. The van der Waals surface area contributed by atoms with Crippen LogP contribution in [0, 0.1) is 0 Å². The van der Waals surface area contributed by atoms with Crippen LogP contribution in [-0.2, 0) is 0 Å². The van der Waals surface area contributed by atoms with Crippen LogP contribution >= 0.6 is 0 Å². The third kappa shape index (κ3) is 1.24. The van der Waals surface area contributed by atoms with Crippen LogP contribution < -0.4 is 5.32 Å². The number of hydrogen-bond acceptors (Lipinski definition) is 2. The molecule has 0 saturated heterocycles. The summed E-state index contributed by atoms with van der Waals surface area (Å²) >= 11 is 0. The van der Waals surface area contributed by atoms with Crippen molar-refractivity contribution in [2.75, 3.05) is 0 Å². The van der Waals surface area contributed by atoms with Crippen LogP contribution in [0.2, 0.25) is 0 Å². The predicted molar refractivity (Wildman–Crippen MR) is 46.2 cm³/mol. The Kier molecular flexibility index (Phi) is 1.39. The SMILES string of the molecule is CC1=NC=C2CC(=C1)C=CN2. The lowest BCUT2D eigenvalue weighted by molar-refractivity contribution is 0.935. The van der Waals surface area contributed by atoms with Crippen molar-refractivity contribution in [2.45, 2.75) is 13.3 Å². The lowest BCUT2D eigenvalue weighted by Crippen LogP contribution is -2.09. The minimum Gasteiger partial charge on any atom is -0.363 e. The van der Waals surface area contributed by atoms with Gasteiger partial charge in [0.15, 0.2) is 0 Å². The zero-order chi connectivity index (χ0) is 7.68. The molecule has 1 N–H and O–H groups in total. The van der Waals surface area contributed by atoms with Crippen molar-refractivity contribution in [1.29, 1.82) is 0 Å². The number of nitrogens with zero attached hydrogens (tertiary/aromatic N) is 1. The maximum atomic E-state index is 4.24. The van der Waals surface area contributed by atoms with Gasteiger partial charge in [0, 0.05) is 30.2 Å². The zero-order valence-electron chi connectivity index (χ0n) is 6.46. The number of rotatable bonds is 0. The third-order valence-corrected chi connectivity index (χ3v) is 1.78. The Hall–Kier alpha value is -1.31. The van der Waals surface area contributed by atoms with Crippen LogP contribution in [0.1, 0.15) is 13.3 Å². The van der Waals surface area contributed by atoms with E-state index in [4.69, 9.17) is 0 Å². The Bertz CT molecular complexity index is 293. The topological polar surface area (TPSA) is 24.4 Å². The summed E-state index contributed by atoms with van der Waals surface area (Å²) in [6.07, 6.45) is 9.03. The molecule has 2 bridgehead atoms. The molecule has 0 radical (unpaired) electrons. The summed E-state index contributed by atoms with van der Waals surface area (Å²) < 4.78 is 0. The molecule has 2 heterocycles. The first-order valence-corrected chi connectivity index (χ1v) is 3.72. The molecule has 0 atom stereocenters. The zero-order valence-corrected chi connectivity index (χ0v) is 6.46. The van der Waals surface area contributed by atoms with Crippen molar-refractivity contribution < 1.29 is 0 Å². The average Bonchev–Trinajstić information content (AvgIpc) is 2.12. The standard InChI is InChI=1S/C9H10N2/c1-7-4-8-2-3-10-9(5-8)6-11-7/h2-4,6,10H,5H2,1H3. The quantitative estimate of drug-likeness (QED) is 0.553. The van der Waals surface area contributed by atoms with Gasteiger partial charge in [-0.15, -0.1) is 0 Å². The van der Waals surface area contributed by atoms with Gasteiger partial charge in [-0.25, -0.2) is 0 Å². The number of nitrogens with one attached hydrogen (secondary N) is 1. The molecule has 0 aromatic heterocycles. The molecule has 0 aliphatic carbocycles. The van der Waals surface area contributed by atoms with Crippen LogP contribution in [0.25, 0.3) is 0 Å². The summed E-state index contributed by atoms with van der Waals surface area (Å²) in [6.45, 7) is 2.01. The molecule has 0 fully saturated rings. The normalized spacial score (nSPS) is 21.0. The van der Waals surface area contributed by atoms with E-state index in [2.05, 4.69) is 22.5 Å². The molecule has 0 spiro atoms. The van der Waals surface area contributed by atoms with Crippen LogP contribution in [-0.4, -0.2) is 5.71 Å². The molecule has 0 saturated carbocycles. The molecule has 2 nitrogen and oxygen atoms in total. The fourth-order valence-corrected chi connectivity index (χ4v) is 1.25. The second-order valence-corrected chi connectivity index (χ2v) is 2.80. The summed E-state index contributed by atoms with van der Waals surface area (Å²) in [5.74, 6) is 0. The molecule has 0 amide bonds. The Morgan fingerprint density at radius 1 is 1.55 bits per heavy atom. The van der Waals surface area contributed by atoms with Crippen molar-refractivity contribution in [2.24, 2.45) is 4.99 Å². The van der Waals surface area contributed by atoms with Gasteiger partial charge < -0.3 is 5.32 Å². The fourth-order valence-electron chi connectivity index (χ4n) is 1.25. The summed E-state index contributed by atoms with van der Waals surface area (Å²) in [6, 6.07) is 0. The molecule has 2 rings (SSSR count). The van der Waals surface area contributed by atoms with E-state index in [0.29, 0.717) is 0 Å². The van der Waals surface area contributed by atoms with E-state index in [1.54, 1.807) is 0 Å². The van der Waals surface area contributed by atoms with Gasteiger partial charge in [-0.1, -0.05) is 0 Å². The highest BCUT2D eigenvalue weighted by Crippen LogP contribution is 2.17. The highest BCUT2D eigenvalue weighted by Gasteiger charge is 2.06. The fraction of sp³-hybridized carbons (Fsp3) is 0.222. The van der Waals surface area contributed by atoms with Gasteiger partial charge in [0.25, 0.3) is 0 Å². The van der Waals surface area contributed by atoms with E-state index in [1.807, 2.05) is 19.3 Å². The molecule has 56 valence electrons. The Labute approximate surface area is 66.0 Å². The van der Waals surface area contributed by atoms with Crippen LogP contribution in [0.4, 0.5) is 0 Å². The maximum absolute atomic E-state index is 4.24. The minimum atomic E-state index is 0.983. The Morgan fingerprint density at radius 2 is 2.45 bits per heavy atom. The molecule has 2 aliphatic heterocycles. The minimum absolute atomic E-state index is 0.983. The highest BCUT2D eigenvalue weighted by atomic mass is 14.9. The van der Waals surface area contributed by atoms with Crippen molar-refractivity contribution in [3.8, 4) is 0 Å². The molecule has 0 aromatic carbocycles. The third-order valence-electron chi connectivity index (χ3n) is 1.78.